The number of anilines is 1. The summed E-state index contributed by atoms with van der Waals surface area (Å²) in [4.78, 5) is 24.5. The summed E-state index contributed by atoms with van der Waals surface area (Å²) in [7, 11) is -4.05. The van der Waals surface area contributed by atoms with Crippen LogP contribution in [0.3, 0.4) is 0 Å². The first-order valence-corrected chi connectivity index (χ1v) is 13.1. The van der Waals surface area contributed by atoms with Gasteiger partial charge in [-0.3, -0.25) is 14.9 Å². The number of nitrogens with one attached hydrogen (secondary N) is 2. The smallest absolute Gasteiger partial charge is 0.339 e. The zero-order chi connectivity index (χ0) is 26.3. The zero-order valence-electron chi connectivity index (χ0n) is 19.5. The minimum Gasteiger partial charge on any atom is -0.378 e. The summed E-state index contributed by atoms with van der Waals surface area (Å²) in [5.41, 5.74) is 4.10. The third-order valence-corrected chi connectivity index (χ3v) is 6.94. The second kappa shape index (κ2) is 11.5. The Morgan fingerprint density at radius 3 is 2.43 bits per heavy atom. The van der Waals surface area contributed by atoms with E-state index in [4.69, 9.17) is 4.18 Å². The fourth-order valence-corrected chi connectivity index (χ4v) is 4.71. The van der Waals surface area contributed by atoms with E-state index < -0.39 is 16.0 Å². The number of benzene rings is 3. The third kappa shape index (κ3) is 7.06. The number of rotatable bonds is 9. The van der Waals surface area contributed by atoms with E-state index >= 15 is 0 Å². The highest BCUT2D eigenvalue weighted by Gasteiger charge is 2.18. The first-order valence-electron chi connectivity index (χ1n) is 10.9. The highest BCUT2D eigenvalue weighted by atomic mass is 32.2. The van der Waals surface area contributed by atoms with Crippen molar-refractivity contribution in [2.45, 2.75) is 18.2 Å². The minimum absolute atomic E-state index is 0.0227. The molecule has 10 nitrogen and oxygen atoms in total. The van der Waals surface area contributed by atoms with E-state index in [0.717, 1.165) is 16.9 Å². The lowest BCUT2D eigenvalue weighted by molar-refractivity contribution is -0.120. The molecule has 0 atom stereocenters. The number of hydrogen-bond donors (Lipinski definition) is 2. The van der Waals surface area contributed by atoms with Crippen molar-refractivity contribution in [2.24, 2.45) is 5.10 Å². The number of aryl methyl sites for hydroxylation is 1. The maximum absolute atomic E-state index is 12.6. The SMILES string of the molecule is Cc1ccc(S(=O)(=O)Oc2ccccc2/C=N\NC(=O)Cc2nnc(NC(=O)c3ccccc3)s2)cc1. The molecule has 2 N–H and O–H groups in total. The quantitative estimate of drug-likeness (QED) is 0.190. The second-order valence-electron chi connectivity index (χ2n) is 7.68. The van der Waals surface area contributed by atoms with Crippen molar-refractivity contribution in [1.82, 2.24) is 15.6 Å². The Morgan fingerprint density at radius 2 is 1.68 bits per heavy atom. The van der Waals surface area contributed by atoms with Gasteiger partial charge in [-0.2, -0.15) is 13.5 Å². The summed E-state index contributed by atoms with van der Waals surface area (Å²) >= 11 is 1.07. The van der Waals surface area contributed by atoms with Crippen molar-refractivity contribution < 1.29 is 22.2 Å². The molecule has 12 heteroatoms. The molecular formula is C25H21N5O5S2. The average molecular weight is 536 g/mol. The zero-order valence-corrected chi connectivity index (χ0v) is 21.1. The normalized spacial score (nSPS) is 11.3. The van der Waals surface area contributed by atoms with Gasteiger partial charge in [0.05, 0.1) is 12.6 Å². The molecule has 4 aromatic rings. The van der Waals surface area contributed by atoms with E-state index in [-0.39, 0.29) is 28.1 Å². The van der Waals surface area contributed by atoms with E-state index in [1.807, 2.05) is 6.92 Å². The molecule has 0 radical (unpaired) electrons. The largest absolute Gasteiger partial charge is 0.378 e. The Balaban J connectivity index is 1.34. The molecule has 3 aromatic carbocycles. The summed E-state index contributed by atoms with van der Waals surface area (Å²) in [6.07, 6.45) is 1.17. The molecule has 4 rings (SSSR count). The number of carbonyl (C=O) groups excluding carboxylic acids is 2. The molecule has 0 fully saturated rings. The molecule has 0 spiro atoms. The van der Waals surface area contributed by atoms with Crippen LogP contribution >= 0.6 is 11.3 Å². The van der Waals surface area contributed by atoms with E-state index in [2.05, 4.69) is 26.0 Å². The summed E-state index contributed by atoms with van der Waals surface area (Å²) in [5, 5.41) is 15.0. The van der Waals surface area contributed by atoms with Crippen LogP contribution in [0.25, 0.3) is 0 Å². The number of nitrogens with zero attached hydrogens (tertiary/aromatic N) is 3. The van der Waals surface area contributed by atoms with Crippen molar-refractivity contribution in [3.63, 3.8) is 0 Å². The summed E-state index contributed by atoms with van der Waals surface area (Å²) in [6, 6.07) is 21.3. The molecule has 37 heavy (non-hydrogen) atoms. The predicted octanol–water partition coefficient (Wildman–Crippen LogP) is 3.56. The van der Waals surface area contributed by atoms with Gasteiger partial charge in [-0.15, -0.1) is 10.2 Å². The molecule has 1 heterocycles. The molecule has 188 valence electrons. The Kier molecular flexibility index (Phi) is 8.01. The van der Waals surface area contributed by atoms with Gasteiger partial charge in [-0.25, -0.2) is 5.43 Å². The van der Waals surface area contributed by atoms with Crippen molar-refractivity contribution >= 4 is 44.6 Å². The fraction of sp³-hybridized carbons (Fsp3) is 0.0800. The summed E-state index contributed by atoms with van der Waals surface area (Å²) in [5.74, 6) is -0.745. The van der Waals surface area contributed by atoms with Crippen LogP contribution in [0.15, 0.2) is 88.9 Å². The van der Waals surface area contributed by atoms with Crippen LogP contribution in [0.1, 0.15) is 26.5 Å². The Labute approximate surface area is 217 Å². The lowest BCUT2D eigenvalue weighted by Crippen LogP contribution is -2.19. The third-order valence-electron chi connectivity index (χ3n) is 4.86. The Morgan fingerprint density at radius 1 is 0.973 bits per heavy atom. The number of aromatic nitrogens is 2. The van der Waals surface area contributed by atoms with E-state index in [9.17, 15) is 18.0 Å². The first kappa shape index (κ1) is 25.7. The summed E-state index contributed by atoms with van der Waals surface area (Å²) in [6.45, 7) is 1.85. The average Bonchev–Trinajstić information content (AvgIpc) is 3.32. The van der Waals surface area contributed by atoms with Gasteiger partial charge in [-0.05, 0) is 43.3 Å². The standard InChI is InChI=1S/C25H21N5O5S2/c1-17-11-13-20(14-12-17)37(33,34)35-21-10-6-5-9-19(21)16-26-28-22(31)15-23-29-30-25(36-23)27-24(32)18-7-3-2-4-8-18/h2-14,16H,15H2,1H3,(H,28,31)(H,27,30,32)/b26-16-. The number of para-hydroxylation sites is 1. The van der Waals surface area contributed by atoms with Crippen LogP contribution in [-0.4, -0.2) is 36.6 Å². The van der Waals surface area contributed by atoms with Crippen molar-refractivity contribution in [3.8, 4) is 5.75 Å². The molecule has 0 aliphatic carbocycles. The van der Waals surface area contributed by atoms with Gasteiger partial charge in [0.25, 0.3) is 5.91 Å². The molecule has 0 unspecified atom stereocenters. The predicted molar refractivity (Wildman–Crippen MR) is 139 cm³/mol. The molecule has 0 aliphatic rings. The van der Waals surface area contributed by atoms with Crippen LogP contribution in [0, 0.1) is 6.92 Å². The van der Waals surface area contributed by atoms with Crippen LogP contribution in [0.2, 0.25) is 0 Å². The minimum atomic E-state index is -4.05. The van der Waals surface area contributed by atoms with Gasteiger partial charge in [0, 0.05) is 11.1 Å². The van der Waals surface area contributed by atoms with Crippen LogP contribution in [0.5, 0.6) is 5.75 Å². The van der Waals surface area contributed by atoms with Crippen molar-refractivity contribution in [2.75, 3.05) is 5.32 Å². The molecule has 0 saturated heterocycles. The second-order valence-corrected chi connectivity index (χ2v) is 10.3. The van der Waals surface area contributed by atoms with Gasteiger partial charge in [0.2, 0.25) is 11.0 Å². The maximum atomic E-state index is 12.6. The van der Waals surface area contributed by atoms with Crippen LogP contribution in [-0.2, 0) is 21.3 Å². The fourth-order valence-electron chi connectivity index (χ4n) is 3.02. The summed E-state index contributed by atoms with van der Waals surface area (Å²) < 4.78 is 30.5. The molecule has 0 saturated carbocycles. The van der Waals surface area contributed by atoms with Gasteiger partial charge in [0.15, 0.2) is 5.75 Å². The Bertz CT molecular complexity index is 1540. The molecule has 1 aromatic heterocycles. The molecule has 2 amide bonds. The van der Waals surface area contributed by atoms with E-state index in [1.165, 1.54) is 24.4 Å². The number of carbonyl (C=O) groups is 2. The highest BCUT2D eigenvalue weighted by Crippen LogP contribution is 2.22. The van der Waals surface area contributed by atoms with E-state index in [1.54, 1.807) is 60.7 Å². The lowest BCUT2D eigenvalue weighted by atomic mass is 10.2. The van der Waals surface area contributed by atoms with Crippen molar-refractivity contribution in [3.05, 3.63) is 101 Å². The van der Waals surface area contributed by atoms with Gasteiger partial charge >= 0.3 is 10.1 Å². The number of hydrazone groups is 1. The Hall–Kier alpha value is -4.42. The van der Waals surface area contributed by atoms with Gasteiger partial charge < -0.3 is 4.18 Å². The van der Waals surface area contributed by atoms with Gasteiger partial charge in [-0.1, -0.05) is 59.4 Å². The van der Waals surface area contributed by atoms with Crippen molar-refractivity contribution in [1.29, 1.82) is 0 Å². The lowest BCUT2D eigenvalue weighted by Gasteiger charge is -2.09. The molecular weight excluding hydrogens is 514 g/mol. The van der Waals surface area contributed by atoms with Gasteiger partial charge in [0.1, 0.15) is 9.90 Å². The molecule has 0 bridgehead atoms. The number of amides is 2. The maximum Gasteiger partial charge on any atom is 0.339 e. The highest BCUT2D eigenvalue weighted by molar-refractivity contribution is 7.87. The molecule has 0 aliphatic heterocycles. The van der Waals surface area contributed by atoms with Crippen LogP contribution < -0.4 is 14.9 Å². The number of hydrogen-bond acceptors (Lipinski definition) is 9. The van der Waals surface area contributed by atoms with Crippen LogP contribution in [0.4, 0.5) is 5.13 Å². The topological polar surface area (TPSA) is 140 Å². The first-order chi connectivity index (χ1) is 17.8. The van der Waals surface area contributed by atoms with E-state index in [0.29, 0.717) is 16.1 Å². The monoisotopic (exact) mass is 535 g/mol.